The summed E-state index contributed by atoms with van der Waals surface area (Å²) in [7, 11) is 0. The van der Waals surface area contributed by atoms with Crippen LogP contribution in [0.15, 0.2) is 41.6 Å². The summed E-state index contributed by atoms with van der Waals surface area (Å²) in [6.07, 6.45) is 9.32. The van der Waals surface area contributed by atoms with E-state index in [4.69, 9.17) is 9.26 Å². The van der Waals surface area contributed by atoms with Gasteiger partial charge in [-0.3, -0.25) is 4.79 Å². The molecule has 1 spiro atoms. The molecule has 0 N–H and O–H groups in total. The Kier molecular flexibility index (Phi) is 4.30. The van der Waals surface area contributed by atoms with Gasteiger partial charge in [0.2, 0.25) is 0 Å². The lowest BCUT2D eigenvalue weighted by Gasteiger charge is -2.37. The second-order valence-electron chi connectivity index (χ2n) is 7.81. The molecule has 0 aromatic carbocycles. The van der Waals surface area contributed by atoms with Crippen LogP contribution in [0.5, 0.6) is 0 Å². The molecule has 0 radical (unpaired) electrons. The first-order valence-corrected chi connectivity index (χ1v) is 9.80. The first-order valence-electron chi connectivity index (χ1n) is 9.80. The molecule has 29 heavy (non-hydrogen) atoms. The van der Waals surface area contributed by atoms with Gasteiger partial charge in [-0.05, 0) is 31.9 Å². The molecule has 9 nitrogen and oxygen atoms in total. The van der Waals surface area contributed by atoms with E-state index in [2.05, 4.69) is 25.0 Å². The van der Waals surface area contributed by atoms with Crippen molar-refractivity contribution >= 4 is 11.8 Å². The SMILES string of the molecule is Cc1noc(-c2ccnc(N3CCC4(CC3)CC(Cn3ccnc3)OC4=O)c2)n1. The second kappa shape index (κ2) is 6.98. The summed E-state index contributed by atoms with van der Waals surface area (Å²) in [5.41, 5.74) is 0.458. The summed E-state index contributed by atoms with van der Waals surface area (Å²) in [6, 6.07) is 3.82. The Balaban J connectivity index is 1.26. The van der Waals surface area contributed by atoms with Gasteiger partial charge in [0.15, 0.2) is 5.82 Å². The largest absolute Gasteiger partial charge is 0.460 e. The average Bonchev–Trinajstić information content (AvgIpc) is 3.45. The van der Waals surface area contributed by atoms with Crippen molar-refractivity contribution in [2.24, 2.45) is 5.41 Å². The maximum absolute atomic E-state index is 12.7. The third-order valence-corrected chi connectivity index (χ3v) is 5.86. The molecule has 9 heteroatoms. The Bertz CT molecular complexity index is 1010. The van der Waals surface area contributed by atoms with Gasteiger partial charge in [0.05, 0.1) is 18.3 Å². The van der Waals surface area contributed by atoms with Gasteiger partial charge in [-0.25, -0.2) is 9.97 Å². The average molecular weight is 394 g/mol. The Labute approximate surface area is 167 Å². The molecule has 5 heterocycles. The third kappa shape index (κ3) is 3.37. The monoisotopic (exact) mass is 394 g/mol. The Morgan fingerprint density at radius 2 is 2.14 bits per heavy atom. The minimum Gasteiger partial charge on any atom is -0.460 e. The number of carbonyl (C=O) groups excluding carboxylic acids is 1. The smallest absolute Gasteiger partial charge is 0.312 e. The maximum atomic E-state index is 12.7. The van der Waals surface area contributed by atoms with Crippen molar-refractivity contribution in [3.63, 3.8) is 0 Å². The van der Waals surface area contributed by atoms with Gasteiger partial charge >= 0.3 is 5.97 Å². The number of aryl methyl sites for hydroxylation is 1. The first kappa shape index (κ1) is 17.8. The Hall–Kier alpha value is -3.23. The number of ether oxygens (including phenoxy) is 1. The van der Waals surface area contributed by atoms with Crippen molar-refractivity contribution in [2.75, 3.05) is 18.0 Å². The normalized spacial score (nSPS) is 20.9. The molecule has 2 saturated heterocycles. The summed E-state index contributed by atoms with van der Waals surface area (Å²) in [5, 5.41) is 3.85. The summed E-state index contributed by atoms with van der Waals surface area (Å²) >= 11 is 0. The third-order valence-electron chi connectivity index (χ3n) is 5.86. The fourth-order valence-corrected chi connectivity index (χ4v) is 4.28. The van der Waals surface area contributed by atoms with E-state index in [1.54, 1.807) is 25.6 Å². The van der Waals surface area contributed by atoms with Crippen LogP contribution in [0, 0.1) is 12.3 Å². The molecule has 2 aliphatic heterocycles. The molecular formula is C20H22N6O3. The van der Waals surface area contributed by atoms with E-state index >= 15 is 0 Å². The van der Waals surface area contributed by atoms with Crippen molar-refractivity contribution in [1.29, 1.82) is 0 Å². The van der Waals surface area contributed by atoms with Crippen molar-refractivity contribution in [3.05, 3.63) is 42.9 Å². The number of piperidine rings is 1. The molecule has 0 saturated carbocycles. The molecule has 5 rings (SSSR count). The molecule has 0 amide bonds. The van der Waals surface area contributed by atoms with Crippen LogP contribution >= 0.6 is 0 Å². The molecule has 3 aromatic rings. The van der Waals surface area contributed by atoms with Crippen molar-refractivity contribution in [3.8, 4) is 11.5 Å². The molecule has 0 aliphatic carbocycles. The van der Waals surface area contributed by atoms with Gasteiger partial charge < -0.3 is 18.7 Å². The van der Waals surface area contributed by atoms with Crippen LogP contribution in [-0.2, 0) is 16.1 Å². The highest BCUT2D eigenvalue weighted by molar-refractivity contribution is 5.79. The summed E-state index contributed by atoms with van der Waals surface area (Å²) < 4.78 is 12.9. The van der Waals surface area contributed by atoms with E-state index in [1.807, 2.05) is 22.9 Å². The zero-order valence-electron chi connectivity index (χ0n) is 16.2. The highest BCUT2D eigenvalue weighted by Gasteiger charge is 2.50. The Morgan fingerprint density at radius 1 is 1.28 bits per heavy atom. The van der Waals surface area contributed by atoms with Gasteiger partial charge in [-0.1, -0.05) is 5.16 Å². The van der Waals surface area contributed by atoms with Crippen LogP contribution in [0.4, 0.5) is 5.82 Å². The van der Waals surface area contributed by atoms with Crippen molar-refractivity contribution in [2.45, 2.75) is 38.8 Å². The minimum atomic E-state index is -0.386. The lowest BCUT2D eigenvalue weighted by Crippen LogP contribution is -2.42. The molecular weight excluding hydrogens is 372 g/mol. The zero-order chi connectivity index (χ0) is 19.8. The highest BCUT2D eigenvalue weighted by atomic mass is 16.6. The van der Waals surface area contributed by atoms with Crippen molar-refractivity contribution < 1.29 is 14.1 Å². The van der Waals surface area contributed by atoms with Gasteiger partial charge in [0.25, 0.3) is 5.89 Å². The fourth-order valence-electron chi connectivity index (χ4n) is 4.28. The number of esters is 1. The van der Waals surface area contributed by atoms with Gasteiger partial charge in [0, 0.05) is 43.7 Å². The van der Waals surface area contributed by atoms with Crippen LogP contribution < -0.4 is 4.90 Å². The van der Waals surface area contributed by atoms with Gasteiger partial charge in [-0.15, -0.1) is 0 Å². The van der Waals surface area contributed by atoms with Crippen LogP contribution in [-0.4, -0.2) is 49.8 Å². The predicted molar refractivity (Wildman–Crippen MR) is 103 cm³/mol. The molecule has 2 fully saturated rings. The van der Waals surface area contributed by atoms with E-state index in [9.17, 15) is 4.79 Å². The van der Waals surface area contributed by atoms with Crippen LogP contribution in [0.1, 0.15) is 25.1 Å². The standard InChI is InChI=1S/C20H22N6O3/c1-14-23-18(29-24-14)15-2-5-22-17(10-15)26-7-3-20(4-8-26)11-16(28-19(20)27)12-25-9-6-21-13-25/h2,5-6,9-10,13,16H,3-4,7-8,11-12H2,1H3. The number of carbonyl (C=O) groups is 1. The van der Waals surface area contributed by atoms with E-state index in [1.165, 1.54) is 0 Å². The number of pyridine rings is 1. The maximum Gasteiger partial charge on any atom is 0.312 e. The topological polar surface area (TPSA) is 99.2 Å². The summed E-state index contributed by atoms with van der Waals surface area (Å²) in [6.45, 7) is 3.96. The van der Waals surface area contributed by atoms with E-state index in [0.29, 0.717) is 18.3 Å². The number of rotatable bonds is 4. The lowest BCUT2D eigenvalue weighted by molar-refractivity contribution is -0.150. The van der Waals surface area contributed by atoms with Crippen LogP contribution in [0.3, 0.4) is 0 Å². The lowest BCUT2D eigenvalue weighted by atomic mass is 9.76. The minimum absolute atomic E-state index is 0.0645. The first-order chi connectivity index (χ1) is 14.1. The highest BCUT2D eigenvalue weighted by Crippen LogP contribution is 2.44. The molecule has 1 atom stereocenters. The van der Waals surface area contributed by atoms with Crippen LogP contribution in [0.25, 0.3) is 11.5 Å². The second-order valence-corrected chi connectivity index (χ2v) is 7.81. The quantitative estimate of drug-likeness (QED) is 0.621. The van der Waals surface area contributed by atoms with E-state index in [-0.39, 0.29) is 17.5 Å². The Morgan fingerprint density at radius 3 is 2.86 bits per heavy atom. The number of anilines is 1. The molecule has 3 aromatic heterocycles. The summed E-state index contributed by atoms with van der Waals surface area (Å²) in [5.74, 6) is 1.88. The number of imidazole rings is 1. The molecule has 150 valence electrons. The van der Waals surface area contributed by atoms with E-state index < -0.39 is 0 Å². The molecule has 2 aliphatic rings. The number of aromatic nitrogens is 5. The van der Waals surface area contributed by atoms with E-state index in [0.717, 1.165) is 43.7 Å². The van der Waals surface area contributed by atoms with Gasteiger partial charge in [0.1, 0.15) is 11.9 Å². The van der Waals surface area contributed by atoms with Crippen molar-refractivity contribution in [1.82, 2.24) is 24.7 Å². The number of hydrogen-bond donors (Lipinski definition) is 0. The molecule has 1 unspecified atom stereocenters. The number of cyclic esters (lactones) is 1. The number of nitrogens with zero attached hydrogens (tertiary/aromatic N) is 6. The predicted octanol–water partition coefficient (Wildman–Crippen LogP) is 2.24. The van der Waals surface area contributed by atoms with Crippen LogP contribution in [0.2, 0.25) is 0 Å². The fraction of sp³-hybridized carbons (Fsp3) is 0.450. The summed E-state index contributed by atoms with van der Waals surface area (Å²) in [4.78, 5) is 27.7. The van der Waals surface area contributed by atoms with Gasteiger partial charge in [-0.2, -0.15) is 4.98 Å². The molecule has 0 bridgehead atoms. The zero-order valence-corrected chi connectivity index (χ0v) is 16.2. The number of hydrogen-bond acceptors (Lipinski definition) is 8.